The Bertz CT molecular complexity index is 1060. The van der Waals surface area contributed by atoms with Crippen LogP contribution < -0.4 is 10.1 Å². The van der Waals surface area contributed by atoms with Gasteiger partial charge in [-0.3, -0.25) is 9.59 Å². The first-order valence-corrected chi connectivity index (χ1v) is 11.7. The molecule has 1 aromatic carbocycles. The van der Waals surface area contributed by atoms with Crippen molar-refractivity contribution < 1.29 is 14.3 Å². The van der Waals surface area contributed by atoms with Crippen LogP contribution in [0.25, 0.3) is 0 Å². The lowest BCUT2D eigenvalue weighted by Crippen LogP contribution is -2.32. The van der Waals surface area contributed by atoms with Gasteiger partial charge in [-0.25, -0.2) is 0 Å². The Kier molecular flexibility index (Phi) is 6.56. The summed E-state index contributed by atoms with van der Waals surface area (Å²) < 4.78 is 7.99. The summed E-state index contributed by atoms with van der Waals surface area (Å²) >= 11 is 1.71. The number of nitrogens with zero attached hydrogens (tertiary/aromatic N) is 1. The normalized spacial score (nSPS) is 14.0. The molecule has 6 heteroatoms. The van der Waals surface area contributed by atoms with Gasteiger partial charge in [-0.2, -0.15) is 0 Å². The van der Waals surface area contributed by atoms with Crippen molar-refractivity contribution >= 4 is 23.0 Å². The molecule has 1 aliphatic rings. The largest absolute Gasteiger partial charge is 0.485 e. The van der Waals surface area contributed by atoms with Crippen molar-refractivity contribution in [3.05, 3.63) is 75.2 Å². The number of ketones is 1. The van der Waals surface area contributed by atoms with E-state index >= 15 is 0 Å². The third kappa shape index (κ3) is 4.90. The zero-order valence-corrected chi connectivity index (χ0v) is 18.8. The molecule has 0 radical (unpaired) electrons. The van der Waals surface area contributed by atoms with Crippen LogP contribution in [0.2, 0.25) is 0 Å². The molecule has 2 heterocycles. The van der Waals surface area contributed by atoms with Crippen LogP contribution in [0, 0.1) is 13.8 Å². The number of carbonyl (C=O) groups is 2. The molecule has 1 fully saturated rings. The molecule has 1 aliphatic carbocycles. The third-order valence-electron chi connectivity index (χ3n) is 5.95. The topological polar surface area (TPSA) is 60.3 Å². The number of rotatable bonds is 8. The fraction of sp³-hybridized carbons (Fsp3) is 0.360. The van der Waals surface area contributed by atoms with Crippen molar-refractivity contribution in [1.29, 1.82) is 0 Å². The lowest BCUT2D eigenvalue weighted by molar-refractivity contribution is 0.0898. The number of hydrogen-bond donors (Lipinski definition) is 1. The summed E-state index contributed by atoms with van der Waals surface area (Å²) in [5, 5.41) is 5.15. The van der Waals surface area contributed by atoms with Gasteiger partial charge in [0.1, 0.15) is 5.75 Å². The van der Waals surface area contributed by atoms with Gasteiger partial charge in [0.05, 0.1) is 12.1 Å². The fourth-order valence-corrected chi connectivity index (χ4v) is 4.91. The van der Waals surface area contributed by atoms with E-state index in [1.165, 1.54) is 4.88 Å². The van der Waals surface area contributed by atoms with E-state index in [1.54, 1.807) is 23.5 Å². The highest BCUT2D eigenvalue weighted by Crippen LogP contribution is 2.23. The number of nitrogens with one attached hydrogen (secondary N) is 1. The van der Waals surface area contributed by atoms with E-state index in [9.17, 15) is 9.59 Å². The van der Waals surface area contributed by atoms with Gasteiger partial charge in [0.2, 0.25) is 5.78 Å². The Morgan fingerprint density at radius 1 is 1.10 bits per heavy atom. The summed E-state index contributed by atoms with van der Waals surface area (Å²) in [6, 6.07) is 13.4. The predicted octanol–water partition coefficient (Wildman–Crippen LogP) is 5.15. The van der Waals surface area contributed by atoms with E-state index in [4.69, 9.17) is 4.74 Å². The molecule has 0 atom stereocenters. The van der Waals surface area contributed by atoms with E-state index in [2.05, 4.69) is 21.3 Å². The molecule has 5 nitrogen and oxygen atoms in total. The van der Waals surface area contributed by atoms with Crippen molar-refractivity contribution in [3.8, 4) is 5.75 Å². The molecule has 0 saturated heterocycles. The molecule has 0 aliphatic heterocycles. The van der Waals surface area contributed by atoms with Crippen LogP contribution in [0.1, 0.15) is 62.7 Å². The lowest BCUT2D eigenvalue weighted by atomic mass is 10.1. The Labute approximate surface area is 187 Å². The summed E-state index contributed by atoms with van der Waals surface area (Å²) in [7, 11) is 0. The number of Topliss-reactive ketones (excluding diaryl/α,β-unsaturated/α-hetero) is 1. The standard InChI is InChI=1S/C25H28N2O3S/c1-17-14-22(18(2)27(17)15-20-10-7-13-31-20)23(28)16-30-24-12-6-5-11-21(24)25(29)26-19-8-3-4-9-19/h5-7,10-14,19H,3-4,8-9,15-16H2,1-2H3,(H,26,29). The minimum atomic E-state index is -0.135. The number of thiophene rings is 1. The molecule has 4 rings (SSSR count). The Hall–Kier alpha value is -2.86. The minimum Gasteiger partial charge on any atom is -0.485 e. The molecule has 1 N–H and O–H groups in total. The van der Waals surface area contributed by atoms with Gasteiger partial charge in [0, 0.05) is 27.9 Å². The van der Waals surface area contributed by atoms with Crippen molar-refractivity contribution in [2.24, 2.45) is 0 Å². The Balaban J connectivity index is 1.44. The van der Waals surface area contributed by atoms with Crippen molar-refractivity contribution in [2.45, 2.75) is 52.1 Å². The second kappa shape index (κ2) is 9.52. The molecule has 162 valence electrons. The molecule has 0 bridgehead atoms. The van der Waals surface area contributed by atoms with Crippen LogP contribution >= 0.6 is 11.3 Å². The van der Waals surface area contributed by atoms with E-state index < -0.39 is 0 Å². The molecule has 3 aromatic rings. The van der Waals surface area contributed by atoms with Gasteiger partial charge in [-0.05, 0) is 56.3 Å². The van der Waals surface area contributed by atoms with Gasteiger partial charge in [-0.15, -0.1) is 11.3 Å². The van der Waals surface area contributed by atoms with Crippen LogP contribution in [-0.2, 0) is 6.54 Å². The summed E-state index contributed by atoms with van der Waals surface area (Å²) in [6.45, 7) is 4.64. The number of para-hydroxylation sites is 1. The second-order valence-corrected chi connectivity index (χ2v) is 9.15. The first-order valence-electron chi connectivity index (χ1n) is 10.8. The van der Waals surface area contributed by atoms with Crippen molar-refractivity contribution in [1.82, 2.24) is 9.88 Å². The van der Waals surface area contributed by atoms with Crippen molar-refractivity contribution in [3.63, 3.8) is 0 Å². The van der Waals surface area contributed by atoms with Gasteiger partial charge >= 0.3 is 0 Å². The van der Waals surface area contributed by atoms with Crippen LogP contribution in [-0.4, -0.2) is 28.9 Å². The zero-order valence-electron chi connectivity index (χ0n) is 18.0. The van der Waals surface area contributed by atoms with Gasteiger partial charge < -0.3 is 14.6 Å². The minimum absolute atomic E-state index is 0.0865. The number of carbonyl (C=O) groups excluding carboxylic acids is 2. The number of ether oxygens (including phenoxy) is 1. The van der Waals surface area contributed by atoms with Crippen LogP contribution in [0.4, 0.5) is 0 Å². The third-order valence-corrected chi connectivity index (χ3v) is 6.81. The molecule has 1 saturated carbocycles. The van der Waals surface area contributed by atoms with Crippen LogP contribution in [0.3, 0.4) is 0 Å². The van der Waals surface area contributed by atoms with Gasteiger partial charge in [-0.1, -0.05) is 31.0 Å². The number of hydrogen-bond acceptors (Lipinski definition) is 4. The van der Waals surface area contributed by atoms with Crippen molar-refractivity contribution in [2.75, 3.05) is 6.61 Å². The number of amides is 1. The monoisotopic (exact) mass is 436 g/mol. The Morgan fingerprint density at radius 2 is 1.87 bits per heavy atom. The average Bonchev–Trinajstić information content (AvgIpc) is 3.52. The van der Waals surface area contributed by atoms with E-state index in [1.807, 2.05) is 38.1 Å². The molecule has 0 spiro atoms. The maximum absolute atomic E-state index is 12.9. The SMILES string of the molecule is Cc1cc(C(=O)COc2ccccc2C(=O)NC2CCCC2)c(C)n1Cc1cccs1. The van der Waals surface area contributed by atoms with Gasteiger partial charge in [0.25, 0.3) is 5.91 Å². The first kappa shape index (κ1) is 21.4. The highest BCUT2D eigenvalue weighted by atomic mass is 32.1. The average molecular weight is 437 g/mol. The van der Waals surface area contributed by atoms with E-state index in [-0.39, 0.29) is 24.3 Å². The second-order valence-electron chi connectivity index (χ2n) is 8.11. The smallest absolute Gasteiger partial charge is 0.255 e. The number of aromatic nitrogens is 1. The lowest BCUT2D eigenvalue weighted by Gasteiger charge is -2.15. The Morgan fingerprint density at radius 3 is 2.61 bits per heavy atom. The van der Waals surface area contributed by atoms with Crippen LogP contribution in [0.5, 0.6) is 5.75 Å². The molecule has 1 amide bonds. The fourth-order valence-electron chi connectivity index (χ4n) is 4.22. The molecular formula is C25H28N2O3S. The summed E-state index contributed by atoms with van der Waals surface area (Å²) in [6.07, 6.45) is 4.35. The maximum atomic E-state index is 12.9. The predicted molar refractivity (Wildman–Crippen MR) is 123 cm³/mol. The van der Waals surface area contributed by atoms with E-state index in [0.29, 0.717) is 16.9 Å². The first-order chi connectivity index (χ1) is 15.0. The van der Waals surface area contributed by atoms with Crippen LogP contribution in [0.15, 0.2) is 47.8 Å². The summed E-state index contributed by atoms with van der Waals surface area (Å²) in [5.41, 5.74) is 3.13. The van der Waals surface area contributed by atoms with Gasteiger partial charge in [0.15, 0.2) is 6.61 Å². The maximum Gasteiger partial charge on any atom is 0.255 e. The molecule has 0 unspecified atom stereocenters. The quantitative estimate of drug-likeness (QED) is 0.497. The summed E-state index contributed by atoms with van der Waals surface area (Å²) in [4.78, 5) is 26.9. The molecule has 2 aromatic heterocycles. The number of benzene rings is 1. The highest BCUT2D eigenvalue weighted by Gasteiger charge is 2.21. The summed E-state index contributed by atoms with van der Waals surface area (Å²) in [5.74, 6) is 0.222. The van der Waals surface area contributed by atoms with E-state index in [0.717, 1.165) is 43.6 Å². The zero-order chi connectivity index (χ0) is 21.8. The highest BCUT2D eigenvalue weighted by molar-refractivity contribution is 7.09. The molecular weight excluding hydrogens is 408 g/mol. The molecule has 31 heavy (non-hydrogen) atoms. The number of aryl methyl sites for hydroxylation is 1.